The van der Waals surface area contributed by atoms with Crippen molar-refractivity contribution in [2.75, 3.05) is 44.4 Å². The van der Waals surface area contributed by atoms with Crippen LogP contribution in [0.25, 0.3) is 0 Å². The summed E-state index contributed by atoms with van der Waals surface area (Å²) < 4.78 is 38.2. The Kier molecular flexibility index (Phi) is 7.32. The molecule has 1 aliphatic carbocycles. The second-order valence-corrected chi connectivity index (χ2v) is 10.5. The molecule has 1 aromatic rings. The molecule has 32 heavy (non-hydrogen) atoms. The maximum Gasteiger partial charge on any atom is 0.265 e. The fraction of sp³-hybridized carbons (Fsp3) is 0.636. The Bertz CT molecular complexity index is 937. The summed E-state index contributed by atoms with van der Waals surface area (Å²) in [6.45, 7) is 0.912. The predicted molar refractivity (Wildman–Crippen MR) is 118 cm³/mol. The lowest BCUT2D eigenvalue weighted by Crippen LogP contribution is -2.47. The number of amides is 2. The lowest BCUT2D eigenvalue weighted by Gasteiger charge is -2.31. The first-order chi connectivity index (χ1) is 15.4. The third-order valence-corrected chi connectivity index (χ3v) is 8.15. The van der Waals surface area contributed by atoms with Gasteiger partial charge in [0, 0.05) is 19.1 Å². The van der Waals surface area contributed by atoms with Gasteiger partial charge < -0.3 is 14.8 Å². The van der Waals surface area contributed by atoms with E-state index in [0.717, 1.165) is 25.7 Å². The van der Waals surface area contributed by atoms with Crippen molar-refractivity contribution >= 4 is 27.5 Å². The molecule has 4 rings (SSSR count). The van der Waals surface area contributed by atoms with Crippen LogP contribution in [0.5, 0.6) is 5.75 Å². The van der Waals surface area contributed by atoms with E-state index in [1.807, 2.05) is 0 Å². The Balaban J connectivity index is 1.51. The zero-order valence-corrected chi connectivity index (χ0v) is 19.1. The Morgan fingerprint density at radius 1 is 1.06 bits per heavy atom. The van der Waals surface area contributed by atoms with E-state index in [9.17, 15) is 18.0 Å². The molecule has 1 aromatic carbocycles. The van der Waals surface area contributed by atoms with Crippen molar-refractivity contribution < 1.29 is 27.5 Å². The van der Waals surface area contributed by atoms with Gasteiger partial charge in [-0.05, 0) is 31.0 Å². The summed E-state index contributed by atoms with van der Waals surface area (Å²) in [5, 5.41) is 3.07. The lowest BCUT2D eigenvalue weighted by atomic mass is 9.97. The fourth-order valence-electron chi connectivity index (χ4n) is 4.47. The van der Waals surface area contributed by atoms with Crippen LogP contribution in [0.2, 0.25) is 0 Å². The highest BCUT2D eigenvalue weighted by Gasteiger charge is 2.32. The minimum Gasteiger partial charge on any atom is -0.482 e. The topological polar surface area (TPSA) is 105 Å². The van der Waals surface area contributed by atoms with Gasteiger partial charge in [0.05, 0.1) is 23.8 Å². The number of hydrogen-bond acceptors (Lipinski definition) is 6. The van der Waals surface area contributed by atoms with Gasteiger partial charge in [-0.25, -0.2) is 8.42 Å². The van der Waals surface area contributed by atoms with Crippen molar-refractivity contribution in [3.63, 3.8) is 0 Å². The highest BCUT2D eigenvalue weighted by atomic mass is 32.2. The molecule has 1 saturated carbocycles. The summed E-state index contributed by atoms with van der Waals surface area (Å²) in [5.41, 5.74) is 0.309. The predicted octanol–water partition coefficient (Wildman–Crippen LogP) is 1.66. The summed E-state index contributed by atoms with van der Waals surface area (Å²) in [6, 6.07) is 4.58. The van der Waals surface area contributed by atoms with Gasteiger partial charge in [0.15, 0.2) is 6.61 Å². The van der Waals surface area contributed by atoms with Gasteiger partial charge in [0.25, 0.3) is 5.91 Å². The van der Waals surface area contributed by atoms with E-state index in [-0.39, 0.29) is 49.0 Å². The smallest absolute Gasteiger partial charge is 0.265 e. The standard InChI is InChI=1S/C22H31N3O6S/c26-21(23-17-6-4-2-1-3-5-7-17)15-25-19-14-18(8-9-20(19)31-16-22(25)27)32(28,29)24-10-12-30-13-11-24/h8-9,14,17H,1-7,10-13,15-16H2,(H,23,26). The van der Waals surface area contributed by atoms with Crippen LogP contribution >= 0.6 is 0 Å². The van der Waals surface area contributed by atoms with E-state index in [1.165, 1.54) is 40.6 Å². The first kappa shape index (κ1) is 23.0. The third-order valence-electron chi connectivity index (χ3n) is 6.25. The number of sulfonamides is 1. The van der Waals surface area contributed by atoms with Gasteiger partial charge in [-0.2, -0.15) is 4.31 Å². The molecule has 1 saturated heterocycles. The average molecular weight is 466 g/mol. The summed E-state index contributed by atoms with van der Waals surface area (Å²) >= 11 is 0. The molecule has 176 valence electrons. The van der Waals surface area contributed by atoms with Gasteiger partial charge >= 0.3 is 0 Å². The number of benzene rings is 1. The Morgan fingerprint density at radius 3 is 2.47 bits per heavy atom. The minimum atomic E-state index is -3.74. The molecule has 2 amide bonds. The van der Waals surface area contributed by atoms with Crippen molar-refractivity contribution in [1.82, 2.24) is 9.62 Å². The molecule has 0 bridgehead atoms. The summed E-state index contributed by atoms with van der Waals surface area (Å²) in [6.07, 6.45) is 7.68. The maximum absolute atomic E-state index is 13.1. The number of fused-ring (bicyclic) bond motifs is 1. The Labute approximate surface area is 189 Å². The number of ether oxygens (including phenoxy) is 2. The van der Waals surface area contributed by atoms with Crippen LogP contribution in [0, 0.1) is 0 Å². The third kappa shape index (κ3) is 5.24. The fourth-order valence-corrected chi connectivity index (χ4v) is 5.90. The van der Waals surface area contributed by atoms with Crippen molar-refractivity contribution in [2.45, 2.75) is 55.9 Å². The average Bonchev–Trinajstić information content (AvgIpc) is 2.78. The van der Waals surface area contributed by atoms with Crippen LogP contribution in [0.4, 0.5) is 5.69 Å². The molecular weight excluding hydrogens is 434 g/mol. The Morgan fingerprint density at radius 2 is 1.75 bits per heavy atom. The molecule has 0 spiro atoms. The van der Waals surface area contributed by atoms with Crippen LogP contribution in [0.1, 0.15) is 44.9 Å². The van der Waals surface area contributed by atoms with Crippen molar-refractivity contribution in [3.05, 3.63) is 18.2 Å². The number of morpholine rings is 1. The molecule has 10 heteroatoms. The largest absolute Gasteiger partial charge is 0.482 e. The van der Waals surface area contributed by atoms with E-state index < -0.39 is 10.0 Å². The second-order valence-electron chi connectivity index (χ2n) is 8.52. The van der Waals surface area contributed by atoms with Crippen LogP contribution in [0.3, 0.4) is 0 Å². The maximum atomic E-state index is 13.1. The monoisotopic (exact) mass is 465 g/mol. The quantitative estimate of drug-likeness (QED) is 0.709. The molecular formula is C22H31N3O6S. The van der Waals surface area contributed by atoms with E-state index >= 15 is 0 Å². The lowest BCUT2D eigenvalue weighted by molar-refractivity contribution is -0.125. The molecule has 0 atom stereocenters. The normalized spacial score (nSPS) is 21.2. The summed E-state index contributed by atoms with van der Waals surface area (Å²) in [7, 11) is -3.74. The van der Waals surface area contributed by atoms with Crippen molar-refractivity contribution in [2.24, 2.45) is 0 Å². The zero-order valence-electron chi connectivity index (χ0n) is 18.3. The minimum absolute atomic E-state index is 0.0712. The van der Waals surface area contributed by atoms with Crippen LogP contribution in [0.15, 0.2) is 23.1 Å². The van der Waals surface area contributed by atoms with Crippen LogP contribution in [-0.2, 0) is 24.3 Å². The van der Waals surface area contributed by atoms with Crippen LogP contribution < -0.4 is 15.0 Å². The molecule has 9 nitrogen and oxygen atoms in total. The molecule has 2 aliphatic heterocycles. The molecule has 0 aromatic heterocycles. The van der Waals surface area contributed by atoms with E-state index in [0.29, 0.717) is 24.7 Å². The number of rotatable bonds is 5. The van der Waals surface area contributed by atoms with E-state index in [1.54, 1.807) is 6.07 Å². The number of nitrogens with zero attached hydrogens (tertiary/aromatic N) is 2. The second kappa shape index (κ2) is 10.2. The molecule has 0 unspecified atom stereocenters. The Hall–Kier alpha value is -2.17. The zero-order chi connectivity index (χ0) is 22.6. The van der Waals surface area contributed by atoms with Crippen molar-refractivity contribution in [1.29, 1.82) is 0 Å². The van der Waals surface area contributed by atoms with Gasteiger partial charge in [0.2, 0.25) is 15.9 Å². The number of carbonyl (C=O) groups excluding carboxylic acids is 2. The van der Waals surface area contributed by atoms with Gasteiger partial charge in [-0.15, -0.1) is 0 Å². The highest BCUT2D eigenvalue weighted by molar-refractivity contribution is 7.89. The van der Waals surface area contributed by atoms with Gasteiger partial charge in [-0.1, -0.05) is 32.1 Å². The number of anilines is 1. The molecule has 3 aliphatic rings. The van der Waals surface area contributed by atoms with Gasteiger partial charge in [-0.3, -0.25) is 14.5 Å². The molecule has 2 fully saturated rings. The summed E-state index contributed by atoms with van der Waals surface area (Å²) in [4.78, 5) is 26.8. The first-order valence-corrected chi connectivity index (χ1v) is 12.8. The number of hydrogen-bond donors (Lipinski definition) is 1. The molecule has 1 N–H and O–H groups in total. The first-order valence-electron chi connectivity index (χ1n) is 11.4. The van der Waals surface area contributed by atoms with E-state index in [4.69, 9.17) is 9.47 Å². The summed E-state index contributed by atoms with van der Waals surface area (Å²) in [5.74, 6) is -0.214. The highest BCUT2D eigenvalue weighted by Crippen LogP contribution is 2.35. The molecule has 0 radical (unpaired) electrons. The van der Waals surface area contributed by atoms with E-state index in [2.05, 4.69) is 5.32 Å². The SMILES string of the molecule is O=C(CN1C(=O)COc2ccc(S(=O)(=O)N3CCOCC3)cc21)NC1CCCCCCC1. The van der Waals surface area contributed by atoms with Gasteiger partial charge in [0.1, 0.15) is 12.3 Å². The number of carbonyl (C=O) groups is 2. The molecule has 2 heterocycles. The van der Waals surface area contributed by atoms with Crippen LogP contribution in [-0.4, -0.2) is 70.0 Å². The van der Waals surface area contributed by atoms with Crippen molar-refractivity contribution in [3.8, 4) is 5.75 Å². The number of nitrogens with one attached hydrogen (secondary N) is 1.